The number of aliphatic hydroxyl groups excluding tert-OH is 1. The van der Waals surface area contributed by atoms with Crippen molar-refractivity contribution >= 4 is 17.6 Å². The molecule has 2 atom stereocenters. The van der Waals surface area contributed by atoms with E-state index in [1.165, 1.54) is 19.1 Å². The summed E-state index contributed by atoms with van der Waals surface area (Å²) in [5, 5.41) is 13.0. The number of aliphatic hydroxyl groups is 1. The number of hydrogen-bond acceptors (Lipinski definition) is 5. The Labute approximate surface area is 195 Å². The number of methoxy groups -OCH3 is 1. The minimum absolute atomic E-state index is 0.0893. The number of pyridine rings is 1. The number of hydrogen-bond donors (Lipinski definition) is 2. The Morgan fingerprint density at radius 3 is 2.62 bits per heavy atom. The highest BCUT2D eigenvalue weighted by molar-refractivity contribution is 5.94. The Morgan fingerprint density at radius 1 is 1.26 bits per heavy atom. The molecule has 34 heavy (non-hydrogen) atoms. The third-order valence-corrected chi connectivity index (χ3v) is 6.23. The summed E-state index contributed by atoms with van der Waals surface area (Å²) in [4.78, 5) is 29.9. The smallest absolute Gasteiger partial charge is 0.409 e. The number of fused-ring (bicyclic) bond motifs is 1. The number of benzene rings is 1. The first kappa shape index (κ1) is 23.6. The summed E-state index contributed by atoms with van der Waals surface area (Å²) < 4.78 is 36.9. The number of aryl methyl sites for hydroxylation is 1. The minimum Gasteiger partial charge on any atom is -0.453 e. The normalized spacial score (nSPS) is 18.2. The predicted molar refractivity (Wildman–Crippen MR) is 120 cm³/mol. The second-order valence-corrected chi connectivity index (χ2v) is 8.47. The molecule has 0 saturated carbocycles. The molecule has 2 aromatic heterocycles. The van der Waals surface area contributed by atoms with Gasteiger partial charge in [-0.25, -0.2) is 18.6 Å². The number of amides is 2. The summed E-state index contributed by atoms with van der Waals surface area (Å²) in [7, 11) is 2.67. The first-order chi connectivity index (χ1) is 16.2. The van der Waals surface area contributed by atoms with E-state index in [0.717, 1.165) is 17.7 Å². The van der Waals surface area contributed by atoms with E-state index in [1.807, 2.05) is 13.0 Å². The quantitative estimate of drug-likeness (QED) is 0.609. The molecule has 2 unspecified atom stereocenters. The summed E-state index contributed by atoms with van der Waals surface area (Å²) >= 11 is 0. The maximum atomic E-state index is 15.2. The van der Waals surface area contributed by atoms with Crippen LogP contribution in [0.1, 0.15) is 28.0 Å². The highest BCUT2D eigenvalue weighted by Crippen LogP contribution is 2.33. The van der Waals surface area contributed by atoms with Crippen LogP contribution in [0, 0.1) is 24.5 Å². The highest BCUT2D eigenvalue weighted by Gasteiger charge is 2.33. The zero-order valence-electron chi connectivity index (χ0n) is 19.1. The molecular formula is C24H26F2N4O4. The number of nitrogens with zero attached hydrogens (tertiary/aromatic N) is 3. The zero-order valence-corrected chi connectivity index (χ0v) is 19.1. The maximum absolute atomic E-state index is 15.2. The number of imidazole rings is 1. The van der Waals surface area contributed by atoms with Crippen molar-refractivity contribution in [3.05, 3.63) is 58.9 Å². The summed E-state index contributed by atoms with van der Waals surface area (Å²) in [6.07, 6.45) is 1.12. The molecule has 0 bridgehead atoms. The van der Waals surface area contributed by atoms with Gasteiger partial charge in [-0.3, -0.25) is 4.79 Å². The van der Waals surface area contributed by atoms with E-state index in [0.29, 0.717) is 24.3 Å². The van der Waals surface area contributed by atoms with Gasteiger partial charge in [-0.1, -0.05) is 0 Å². The summed E-state index contributed by atoms with van der Waals surface area (Å²) in [6.45, 7) is 2.47. The van der Waals surface area contributed by atoms with Gasteiger partial charge >= 0.3 is 6.09 Å². The van der Waals surface area contributed by atoms with E-state index < -0.39 is 35.7 Å². The molecule has 2 N–H and O–H groups in total. The zero-order chi connectivity index (χ0) is 24.6. The van der Waals surface area contributed by atoms with Gasteiger partial charge in [-0.2, -0.15) is 0 Å². The van der Waals surface area contributed by atoms with Gasteiger partial charge in [0.2, 0.25) is 0 Å². The van der Waals surface area contributed by atoms with E-state index in [4.69, 9.17) is 4.74 Å². The van der Waals surface area contributed by atoms with Crippen LogP contribution in [-0.4, -0.2) is 64.7 Å². The van der Waals surface area contributed by atoms with Crippen molar-refractivity contribution in [3.8, 4) is 11.3 Å². The molecular weight excluding hydrogens is 446 g/mol. The number of piperidine rings is 1. The summed E-state index contributed by atoms with van der Waals surface area (Å²) in [5.74, 6) is -2.84. The molecule has 2 amide bonds. The van der Waals surface area contributed by atoms with Crippen LogP contribution in [0.2, 0.25) is 0 Å². The Bertz CT molecular complexity index is 1240. The molecule has 0 aliphatic carbocycles. The van der Waals surface area contributed by atoms with Crippen LogP contribution in [-0.2, 0) is 11.2 Å². The van der Waals surface area contributed by atoms with Crippen molar-refractivity contribution in [2.45, 2.75) is 25.9 Å². The third-order valence-electron chi connectivity index (χ3n) is 6.23. The van der Waals surface area contributed by atoms with Gasteiger partial charge < -0.3 is 24.5 Å². The van der Waals surface area contributed by atoms with Crippen molar-refractivity contribution in [2.75, 3.05) is 27.2 Å². The van der Waals surface area contributed by atoms with Crippen molar-refractivity contribution in [1.29, 1.82) is 0 Å². The molecule has 1 saturated heterocycles. The van der Waals surface area contributed by atoms with Crippen LogP contribution in [0.3, 0.4) is 0 Å². The van der Waals surface area contributed by atoms with Gasteiger partial charge in [0.15, 0.2) is 0 Å². The van der Waals surface area contributed by atoms with E-state index in [1.54, 1.807) is 16.7 Å². The lowest BCUT2D eigenvalue weighted by Gasteiger charge is -2.35. The van der Waals surface area contributed by atoms with Gasteiger partial charge in [-0.15, -0.1) is 0 Å². The second-order valence-electron chi connectivity index (χ2n) is 8.47. The van der Waals surface area contributed by atoms with Crippen molar-refractivity contribution in [1.82, 2.24) is 19.6 Å². The van der Waals surface area contributed by atoms with Crippen molar-refractivity contribution in [2.24, 2.45) is 5.92 Å². The minimum atomic E-state index is -0.916. The number of carbonyl (C=O) groups is 2. The SMILES string of the molecule is CNC(=O)c1cc(F)c(-c2nc3cc(C)ccn3c2CC2CN(C(=O)OC)CCC2O)c(F)c1. The number of aromatic nitrogens is 2. The fourth-order valence-corrected chi connectivity index (χ4v) is 4.43. The van der Waals surface area contributed by atoms with Gasteiger partial charge in [0, 0.05) is 37.8 Å². The fraction of sp³-hybridized carbons (Fsp3) is 0.375. The van der Waals surface area contributed by atoms with Crippen molar-refractivity contribution in [3.63, 3.8) is 0 Å². The van der Waals surface area contributed by atoms with Crippen LogP contribution in [0.5, 0.6) is 0 Å². The number of carbonyl (C=O) groups excluding carboxylic acids is 2. The van der Waals surface area contributed by atoms with Crippen LogP contribution in [0.15, 0.2) is 30.5 Å². The molecule has 1 fully saturated rings. The second kappa shape index (κ2) is 9.38. The van der Waals surface area contributed by atoms with E-state index in [2.05, 4.69) is 10.3 Å². The molecule has 1 aliphatic heterocycles. The number of likely N-dealkylation sites (tertiary alicyclic amines) is 1. The topological polar surface area (TPSA) is 96.2 Å². The van der Waals surface area contributed by atoms with Crippen LogP contribution in [0.25, 0.3) is 16.9 Å². The first-order valence-corrected chi connectivity index (χ1v) is 10.9. The molecule has 8 nitrogen and oxygen atoms in total. The monoisotopic (exact) mass is 472 g/mol. The molecule has 1 aromatic carbocycles. The van der Waals surface area contributed by atoms with E-state index in [9.17, 15) is 14.7 Å². The maximum Gasteiger partial charge on any atom is 0.409 e. The number of ether oxygens (including phenoxy) is 1. The average molecular weight is 472 g/mol. The highest BCUT2D eigenvalue weighted by atomic mass is 19.1. The van der Waals surface area contributed by atoms with E-state index in [-0.39, 0.29) is 29.8 Å². The standard InChI is InChI=1S/C24H26F2N4O4/c1-13-4-7-30-18(11-15-12-29(24(33)34-3)6-5-19(15)31)22(28-20(30)8-13)21-16(25)9-14(10-17(21)26)23(32)27-2/h4,7-10,15,19,31H,5-6,11-12H2,1-3H3,(H,27,32). The lowest BCUT2D eigenvalue weighted by Crippen LogP contribution is -2.46. The van der Waals surface area contributed by atoms with Gasteiger partial charge in [0.1, 0.15) is 17.3 Å². The molecule has 3 heterocycles. The fourth-order valence-electron chi connectivity index (χ4n) is 4.43. The van der Waals surface area contributed by atoms with Gasteiger partial charge in [0.05, 0.1) is 30.2 Å². The van der Waals surface area contributed by atoms with Crippen LogP contribution >= 0.6 is 0 Å². The Morgan fingerprint density at radius 2 is 1.97 bits per heavy atom. The number of rotatable bonds is 4. The van der Waals surface area contributed by atoms with Crippen LogP contribution < -0.4 is 5.32 Å². The Hall–Kier alpha value is -3.53. The Balaban J connectivity index is 1.82. The van der Waals surface area contributed by atoms with Crippen molar-refractivity contribution < 1.29 is 28.2 Å². The molecule has 4 rings (SSSR count). The molecule has 0 spiro atoms. The lowest BCUT2D eigenvalue weighted by molar-refractivity contribution is 0.0249. The van der Waals surface area contributed by atoms with Crippen LogP contribution in [0.4, 0.5) is 13.6 Å². The van der Waals surface area contributed by atoms with Gasteiger partial charge in [0.25, 0.3) is 5.91 Å². The molecule has 1 aliphatic rings. The summed E-state index contributed by atoms with van der Waals surface area (Å²) in [6, 6.07) is 5.59. The third kappa shape index (κ3) is 4.33. The number of nitrogens with one attached hydrogen (secondary N) is 1. The lowest BCUT2D eigenvalue weighted by atomic mass is 9.89. The molecule has 180 valence electrons. The largest absolute Gasteiger partial charge is 0.453 e. The first-order valence-electron chi connectivity index (χ1n) is 10.9. The number of halogens is 2. The molecule has 3 aromatic rings. The van der Waals surface area contributed by atoms with Gasteiger partial charge in [-0.05, 0) is 49.6 Å². The molecule has 0 radical (unpaired) electrons. The predicted octanol–water partition coefficient (Wildman–Crippen LogP) is 2.94. The van der Waals surface area contributed by atoms with E-state index >= 15 is 8.78 Å². The summed E-state index contributed by atoms with van der Waals surface area (Å²) in [5.41, 5.74) is 1.51. The average Bonchev–Trinajstić information content (AvgIpc) is 3.15. The molecule has 10 heteroatoms. The Kier molecular flexibility index (Phi) is 6.52.